The second kappa shape index (κ2) is 13.4. The van der Waals surface area contributed by atoms with Crippen molar-refractivity contribution >= 4 is 65.6 Å². The molecule has 0 aliphatic carbocycles. The zero-order valence-electron chi connectivity index (χ0n) is 24.9. The average Bonchev–Trinajstić information content (AvgIpc) is 3.44. The Morgan fingerprint density at radius 3 is 2.34 bits per heavy atom. The number of carbonyl (C=O) groups excluding carboxylic acids is 3. The van der Waals surface area contributed by atoms with Gasteiger partial charge in [-0.15, -0.1) is 0 Å². The average molecular weight is 757 g/mol. The first kappa shape index (κ1) is 36.4. The second-order valence-corrected chi connectivity index (χ2v) is 14.6. The van der Waals surface area contributed by atoms with Gasteiger partial charge in [0.2, 0.25) is 5.91 Å². The molecule has 1 fully saturated rings. The molecule has 0 saturated carbocycles. The molecule has 0 bridgehead atoms. The number of imide groups is 1. The van der Waals surface area contributed by atoms with E-state index < -0.39 is 118 Å². The molecule has 3 aromatic carbocycles. The van der Waals surface area contributed by atoms with Crippen molar-refractivity contribution in [1.82, 2.24) is 19.8 Å². The summed E-state index contributed by atoms with van der Waals surface area (Å²) in [4.78, 5) is 70.5. The van der Waals surface area contributed by atoms with Gasteiger partial charge in [0.05, 0.1) is 24.3 Å². The summed E-state index contributed by atoms with van der Waals surface area (Å²) in [5.74, 6) is -7.40. The lowest BCUT2D eigenvalue weighted by molar-refractivity contribution is -0.123. The van der Waals surface area contributed by atoms with E-state index in [1.54, 1.807) is 0 Å². The van der Waals surface area contributed by atoms with Crippen molar-refractivity contribution in [2.45, 2.75) is 23.3 Å². The minimum Gasteiger partial charge on any atom is -0.534 e. The van der Waals surface area contributed by atoms with Crippen LogP contribution in [0.4, 0.5) is 14.0 Å². The first-order valence-corrected chi connectivity index (χ1v) is 17.5. The SMILES string of the molecule is O=C(O)c1c(F)ccc2c1OB(O)[C@@H](NC(=O)[C@H](NC(=O)N1CCN(S(=O)(=O)c3ccc(O)c(O)c3Cl)C1=O)c1ccc(P(=O)(O)O)cc1)C2. The summed E-state index contributed by atoms with van der Waals surface area (Å²) in [5.41, 5.74) is -0.855. The molecule has 264 valence electrons. The van der Waals surface area contributed by atoms with Crippen molar-refractivity contribution in [3.63, 3.8) is 0 Å². The first-order chi connectivity index (χ1) is 23.3. The monoisotopic (exact) mass is 756 g/mol. The van der Waals surface area contributed by atoms with Crippen molar-refractivity contribution in [3.05, 3.63) is 76.1 Å². The summed E-state index contributed by atoms with van der Waals surface area (Å²) in [6, 6.07) is 3.27. The molecule has 3 aromatic rings. The summed E-state index contributed by atoms with van der Waals surface area (Å²) in [6.07, 6.45) is -0.284. The maximum absolute atomic E-state index is 14.2. The molecule has 5 amide bonds. The van der Waals surface area contributed by atoms with E-state index in [2.05, 4.69) is 10.6 Å². The van der Waals surface area contributed by atoms with Crippen LogP contribution in [-0.4, -0.2) is 97.8 Å². The molecule has 2 heterocycles. The molecule has 0 aromatic heterocycles. The summed E-state index contributed by atoms with van der Waals surface area (Å²) >= 11 is 5.88. The van der Waals surface area contributed by atoms with Crippen LogP contribution in [-0.2, 0) is 25.8 Å². The summed E-state index contributed by atoms with van der Waals surface area (Å²) in [5, 5.41) is 42.9. The van der Waals surface area contributed by atoms with Gasteiger partial charge in [-0.25, -0.2) is 36.4 Å². The number of hydrogen-bond donors (Lipinski definition) is 8. The van der Waals surface area contributed by atoms with Crippen LogP contribution in [0.1, 0.15) is 27.5 Å². The van der Waals surface area contributed by atoms with Crippen LogP contribution >= 0.6 is 19.2 Å². The number of phenolic OH excluding ortho intramolecular Hbond substituents is 2. The lowest BCUT2D eigenvalue weighted by atomic mass is 9.72. The van der Waals surface area contributed by atoms with E-state index in [0.29, 0.717) is 4.90 Å². The number of hydrogen-bond acceptors (Lipinski definition) is 11. The van der Waals surface area contributed by atoms with Gasteiger partial charge in [-0.1, -0.05) is 29.8 Å². The van der Waals surface area contributed by atoms with E-state index in [-0.39, 0.29) is 21.9 Å². The smallest absolute Gasteiger partial charge is 0.534 e. The van der Waals surface area contributed by atoms with Crippen LogP contribution in [0, 0.1) is 5.82 Å². The Kier molecular flexibility index (Phi) is 9.76. The van der Waals surface area contributed by atoms with E-state index in [1.807, 2.05) is 0 Å². The molecule has 50 heavy (non-hydrogen) atoms. The molecular formula is C27H24BClFN4O14PS. The second-order valence-electron chi connectivity index (χ2n) is 10.8. The molecule has 1 saturated heterocycles. The number of amides is 5. The van der Waals surface area contributed by atoms with E-state index in [1.165, 1.54) is 6.07 Å². The number of nitrogens with zero attached hydrogens (tertiary/aromatic N) is 2. The Hall–Kier alpha value is -4.92. The largest absolute Gasteiger partial charge is 0.547 e. The number of halogens is 2. The van der Waals surface area contributed by atoms with Crippen LogP contribution in [0.5, 0.6) is 17.2 Å². The number of carboxylic acids is 1. The topological polar surface area (TPSA) is 281 Å². The molecule has 0 radical (unpaired) electrons. The van der Waals surface area contributed by atoms with E-state index in [0.717, 1.165) is 42.5 Å². The molecular weight excluding hydrogens is 733 g/mol. The van der Waals surface area contributed by atoms with Gasteiger partial charge in [0.15, 0.2) is 11.5 Å². The number of carboxylic acid groups (broad SMARTS) is 1. The van der Waals surface area contributed by atoms with Gasteiger partial charge in [-0.05, 0) is 47.9 Å². The van der Waals surface area contributed by atoms with Crippen LogP contribution in [0.2, 0.25) is 5.02 Å². The lowest BCUT2D eigenvalue weighted by Crippen LogP contribution is -2.56. The third kappa shape index (κ3) is 6.78. The maximum Gasteiger partial charge on any atom is 0.547 e. The minimum absolute atomic E-state index is 0.0944. The van der Waals surface area contributed by atoms with Gasteiger partial charge in [0.1, 0.15) is 33.1 Å². The van der Waals surface area contributed by atoms with Crippen LogP contribution in [0.15, 0.2) is 53.4 Å². The third-order valence-electron chi connectivity index (χ3n) is 7.69. The molecule has 18 nitrogen and oxygen atoms in total. The minimum atomic E-state index is -4.80. The highest BCUT2D eigenvalue weighted by molar-refractivity contribution is 7.89. The zero-order chi connectivity index (χ0) is 36.9. The quantitative estimate of drug-likeness (QED) is 0.0879. The van der Waals surface area contributed by atoms with Crippen molar-refractivity contribution < 1.29 is 71.3 Å². The molecule has 8 N–H and O–H groups in total. The molecule has 0 unspecified atom stereocenters. The fraction of sp³-hybridized carbons (Fsp3) is 0.185. The van der Waals surface area contributed by atoms with Crippen molar-refractivity contribution in [1.29, 1.82) is 0 Å². The number of benzene rings is 3. The molecule has 2 aliphatic heterocycles. The van der Waals surface area contributed by atoms with Crippen molar-refractivity contribution in [3.8, 4) is 17.2 Å². The van der Waals surface area contributed by atoms with Gasteiger partial charge in [0.25, 0.3) is 10.0 Å². The van der Waals surface area contributed by atoms with Gasteiger partial charge >= 0.3 is 32.7 Å². The molecule has 5 rings (SSSR count). The summed E-state index contributed by atoms with van der Waals surface area (Å²) in [6.45, 7) is -1.13. The van der Waals surface area contributed by atoms with Gasteiger partial charge in [-0.3, -0.25) is 9.36 Å². The fourth-order valence-corrected chi connectivity index (χ4v) is 7.59. The first-order valence-electron chi connectivity index (χ1n) is 14.0. The predicted octanol–water partition coefficient (Wildman–Crippen LogP) is 0.408. The maximum atomic E-state index is 14.2. The van der Waals surface area contributed by atoms with Crippen LogP contribution in [0.25, 0.3) is 0 Å². The summed E-state index contributed by atoms with van der Waals surface area (Å²) < 4.78 is 57.8. The highest BCUT2D eigenvalue weighted by Gasteiger charge is 2.44. The molecule has 0 spiro atoms. The Bertz CT molecular complexity index is 2090. The van der Waals surface area contributed by atoms with E-state index in [9.17, 15) is 66.7 Å². The number of carbonyl (C=O) groups is 4. The third-order valence-corrected chi connectivity index (χ3v) is 11.0. The fourth-order valence-electron chi connectivity index (χ4n) is 5.17. The van der Waals surface area contributed by atoms with Crippen molar-refractivity contribution in [2.75, 3.05) is 13.1 Å². The zero-order valence-corrected chi connectivity index (χ0v) is 27.4. The highest BCUT2D eigenvalue weighted by atomic mass is 35.5. The number of sulfonamides is 1. The number of aromatic hydroxyl groups is 2. The Morgan fingerprint density at radius 1 is 1.06 bits per heavy atom. The number of fused-ring (bicyclic) bond motifs is 1. The molecule has 2 atom stereocenters. The normalized spacial score (nSPS) is 16.8. The van der Waals surface area contributed by atoms with E-state index in [4.69, 9.17) is 16.3 Å². The number of urea groups is 2. The Morgan fingerprint density at radius 2 is 1.72 bits per heavy atom. The lowest BCUT2D eigenvalue weighted by Gasteiger charge is -2.30. The number of aromatic carboxylic acids is 1. The van der Waals surface area contributed by atoms with Gasteiger partial charge in [-0.2, -0.15) is 0 Å². The van der Waals surface area contributed by atoms with Crippen LogP contribution in [0.3, 0.4) is 0 Å². The highest BCUT2D eigenvalue weighted by Crippen LogP contribution is 2.39. The number of phenols is 2. The van der Waals surface area contributed by atoms with E-state index >= 15 is 0 Å². The predicted molar refractivity (Wildman–Crippen MR) is 168 cm³/mol. The summed E-state index contributed by atoms with van der Waals surface area (Å²) in [7, 11) is -11.5. The van der Waals surface area contributed by atoms with Crippen LogP contribution < -0.4 is 20.6 Å². The number of rotatable bonds is 8. The molecule has 23 heteroatoms. The van der Waals surface area contributed by atoms with Crippen molar-refractivity contribution in [2.24, 2.45) is 0 Å². The van der Waals surface area contributed by atoms with Gasteiger partial charge in [0, 0.05) is 0 Å². The Labute approximate surface area is 286 Å². The Balaban J connectivity index is 1.40. The number of nitrogens with one attached hydrogen (secondary N) is 2. The standard InChI is InChI=1S/C27H24BClFN4O14PS/c29-20-17(8-7-16(35)22(20)36)50(46,47)34-10-9-33(27(34)41)26(40)32-21(12-1-4-14(5-2-12)49(43,44)45)24(37)31-18-11-13-3-6-15(30)19(25(38)39)23(13)48-28(18)42/h1-8,18,21,35-36,42H,9-11H2,(H,31,37)(H,32,40)(H,38,39)(H2,43,44,45)/t18-,21+/m0/s1. The molecule has 2 aliphatic rings. The van der Waals surface area contributed by atoms with Gasteiger partial charge < -0.3 is 45.4 Å².